The molecule has 0 saturated heterocycles. The molecule has 1 aromatic heterocycles. The Hall–Kier alpha value is -3.82. The minimum Gasteiger partial charge on any atom is -0.493 e. The van der Waals surface area contributed by atoms with Gasteiger partial charge in [-0.2, -0.15) is 0 Å². The predicted molar refractivity (Wildman–Crippen MR) is 148 cm³/mol. The maximum atomic E-state index is 13.1. The van der Waals surface area contributed by atoms with E-state index in [1.807, 2.05) is 30.3 Å². The summed E-state index contributed by atoms with van der Waals surface area (Å²) in [6.45, 7) is 4.05. The lowest BCUT2D eigenvalue weighted by atomic mass is 10.0. The second-order valence-corrected chi connectivity index (χ2v) is 9.63. The summed E-state index contributed by atoms with van der Waals surface area (Å²) in [6.07, 6.45) is -0.306. The number of hydrogen-bond acceptors (Lipinski definition) is 9. The highest BCUT2D eigenvalue weighted by atomic mass is 35.5. The first-order valence-corrected chi connectivity index (χ1v) is 13.1. The van der Waals surface area contributed by atoms with E-state index in [-0.39, 0.29) is 23.6 Å². The van der Waals surface area contributed by atoms with E-state index in [1.165, 1.54) is 26.3 Å². The minimum absolute atomic E-state index is 0.00238. The molecule has 40 heavy (non-hydrogen) atoms. The summed E-state index contributed by atoms with van der Waals surface area (Å²) >= 11 is 12.3. The highest BCUT2D eigenvalue weighted by Crippen LogP contribution is 2.34. The SMILES string of the molecule is COc1ccnc(C(=O)C[C@@H](C)C(=O)O[C@@H](C)[C@@H](Oc2ccc(Cl)cc2Cl)c2ccccc2)c1OCOC(C)=O. The summed E-state index contributed by atoms with van der Waals surface area (Å²) in [5.41, 5.74) is 0.690. The van der Waals surface area contributed by atoms with Crippen LogP contribution in [-0.2, 0) is 19.1 Å². The molecule has 3 rings (SSSR count). The van der Waals surface area contributed by atoms with Gasteiger partial charge in [0, 0.05) is 30.6 Å². The highest BCUT2D eigenvalue weighted by Gasteiger charge is 2.30. The summed E-state index contributed by atoms with van der Waals surface area (Å²) in [4.78, 5) is 41.4. The van der Waals surface area contributed by atoms with Gasteiger partial charge in [-0.15, -0.1) is 0 Å². The third-order valence-electron chi connectivity index (χ3n) is 5.72. The number of carbonyl (C=O) groups excluding carboxylic acids is 3. The van der Waals surface area contributed by atoms with Gasteiger partial charge in [0.1, 0.15) is 11.9 Å². The number of rotatable bonds is 13. The molecule has 9 nitrogen and oxygen atoms in total. The third-order valence-corrected chi connectivity index (χ3v) is 6.25. The molecule has 0 aliphatic rings. The molecule has 3 atom stereocenters. The van der Waals surface area contributed by atoms with Gasteiger partial charge in [0.2, 0.25) is 6.79 Å². The summed E-state index contributed by atoms with van der Waals surface area (Å²) in [7, 11) is 1.39. The fraction of sp³-hybridized carbons (Fsp3) is 0.310. The van der Waals surface area contributed by atoms with Crippen LogP contribution < -0.4 is 14.2 Å². The molecule has 212 valence electrons. The van der Waals surface area contributed by atoms with Gasteiger partial charge in [-0.1, -0.05) is 60.5 Å². The van der Waals surface area contributed by atoms with Gasteiger partial charge in [0.05, 0.1) is 18.1 Å². The Bertz CT molecular complexity index is 1330. The number of methoxy groups -OCH3 is 1. The van der Waals surface area contributed by atoms with E-state index in [4.69, 9.17) is 46.9 Å². The van der Waals surface area contributed by atoms with Crippen molar-refractivity contribution in [3.8, 4) is 17.2 Å². The molecule has 0 aliphatic carbocycles. The van der Waals surface area contributed by atoms with E-state index in [9.17, 15) is 14.4 Å². The molecular weight excluding hydrogens is 561 g/mol. The van der Waals surface area contributed by atoms with E-state index in [0.29, 0.717) is 15.8 Å². The summed E-state index contributed by atoms with van der Waals surface area (Å²) in [5.74, 6) is -1.90. The Morgan fingerprint density at radius 3 is 2.35 bits per heavy atom. The van der Waals surface area contributed by atoms with Gasteiger partial charge in [0.25, 0.3) is 0 Å². The first-order chi connectivity index (χ1) is 19.1. The maximum Gasteiger partial charge on any atom is 0.309 e. The Morgan fingerprint density at radius 2 is 1.70 bits per heavy atom. The fourth-order valence-corrected chi connectivity index (χ4v) is 4.16. The van der Waals surface area contributed by atoms with Crippen LogP contribution in [0.15, 0.2) is 60.8 Å². The molecule has 0 amide bonds. The number of Topliss-reactive ketones (excluding diaryl/α,β-unsaturated/α-hetero) is 1. The smallest absolute Gasteiger partial charge is 0.309 e. The normalized spacial score (nSPS) is 12.9. The van der Waals surface area contributed by atoms with Crippen molar-refractivity contribution in [1.29, 1.82) is 0 Å². The van der Waals surface area contributed by atoms with Crippen LogP contribution in [0.2, 0.25) is 10.0 Å². The first-order valence-electron chi connectivity index (χ1n) is 12.3. The summed E-state index contributed by atoms with van der Waals surface area (Å²) in [5, 5.41) is 0.764. The number of hydrogen-bond donors (Lipinski definition) is 0. The number of carbonyl (C=O) groups is 3. The van der Waals surface area contributed by atoms with Gasteiger partial charge in [-0.05, 0) is 30.7 Å². The van der Waals surface area contributed by atoms with Gasteiger partial charge >= 0.3 is 11.9 Å². The molecule has 0 aliphatic heterocycles. The van der Waals surface area contributed by atoms with Crippen LogP contribution in [0.4, 0.5) is 0 Å². The summed E-state index contributed by atoms with van der Waals surface area (Å²) in [6, 6.07) is 15.6. The zero-order valence-corrected chi connectivity index (χ0v) is 23.9. The molecule has 11 heteroatoms. The van der Waals surface area contributed by atoms with Crippen molar-refractivity contribution in [2.75, 3.05) is 13.9 Å². The number of benzene rings is 2. The average molecular weight is 590 g/mol. The maximum absolute atomic E-state index is 13.1. The van der Waals surface area contributed by atoms with Crippen LogP contribution in [-0.4, -0.2) is 42.7 Å². The Balaban J connectivity index is 1.73. The van der Waals surface area contributed by atoms with E-state index < -0.39 is 42.6 Å². The monoisotopic (exact) mass is 589 g/mol. The van der Waals surface area contributed by atoms with E-state index in [0.717, 1.165) is 5.56 Å². The molecule has 0 saturated carbocycles. The van der Waals surface area contributed by atoms with Crippen LogP contribution in [0, 0.1) is 5.92 Å². The van der Waals surface area contributed by atoms with E-state index in [2.05, 4.69) is 4.98 Å². The Morgan fingerprint density at radius 1 is 0.975 bits per heavy atom. The second-order valence-electron chi connectivity index (χ2n) is 8.78. The minimum atomic E-state index is -0.834. The molecule has 2 aromatic carbocycles. The van der Waals surface area contributed by atoms with Crippen molar-refractivity contribution in [3.63, 3.8) is 0 Å². The molecule has 0 fully saturated rings. The van der Waals surface area contributed by atoms with Crippen molar-refractivity contribution in [2.45, 2.75) is 39.4 Å². The zero-order valence-electron chi connectivity index (χ0n) is 22.4. The average Bonchev–Trinajstić information content (AvgIpc) is 2.92. The zero-order chi connectivity index (χ0) is 29.2. The quantitative estimate of drug-likeness (QED) is 0.129. The first kappa shape index (κ1) is 30.7. The van der Waals surface area contributed by atoms with Gasteiger partial charge in [-0.25, -0.2) is 4.98 Å². The van der Waals surface area contributed by atoms with Crippen LogP contribution >= 0.6 is 23.2 Å². The predicted octanol–water partition coefficient (Wildman–Crippen LogP) is 6.26. The van der Waals surface area contributed by atoms with E-state index in [1.54, 1.807) is 32.0 Å². The largest absolute Gasteiger partial charge is 0.493 e. The lowest BCUT2D eigenvalue weighted by molar-refractivity contribution is -0.157. The molecule has 0 spiro atoms. The molecule has 1 heterocycles. The number of pyridine rings is 1. The number of esters is 2. The number of nitrogens with zero attached hydrogens (tertiary/aromatic N) is 1. The van der Waals surface area contributed by atoms with Crippen molar-refractivity contribution in [1.82, 2.24) is 4.98 Å². The number of ketones is 1. The fourth-order valence-electron chi connectivity index (χ4n) is 3.71. The number of halogens is 2. The molecule has 0 bridgehead atoms. The lowest BCUT2D eigenvalue weighted by Gasteiger charge is -2.27. The van der Waals surface area contributed by atoms with Gasteiger partial charge < -0.3 is 23.7 Å². The van der Waals surface area contributed by atoms with Crippen LogP contribution in [0.25, 0.3) is 0 Å². The van der Waals surface area contributed by atoms with Gasteiger partial charge in [0.15, 0.2) is 29.1 Å². The number of ether oxygens (including phenoxy) is 5. The lowest BCUT2D eigenvalue weighted by Crippen LogP contribution is -2.30. The number of aromatic nitrogens is 1. The van der Waals surface area contributed by atoms with Crippen molar-refractivity contribution >= 4 is 40.9 Å². The molecule has 0 radical (unpaired) electrons. The van der Waals surface area contributed by atoms with Gasteiger partial charge in [-0.3, -0.25) is 14.4 Å². The van der Waals surface area contributed by atoms with Crippen molar-refractivity contribution in [3.05, 3.63) is 82.1 Å². The second kappa shape index (κ2) is 14.5. The van der Waals surface area contributed by atoms with Crippen molar-refractivity contribution < 1.29 is 38.1 Å². The third kappa shape index (κ3) is 8.34. The van der Waals surface area contributed by atoms with E-state index >= 15 is 0 Å². The molecular formula is C29H29Cl2NO8. The highest BCUT2D eigenvalue weighted by molar-refractivity contribution is 6.35. The molecule has 0 N–H and O–H groups in total. The van der Waals surface area contributed by atoms with Crippen molar-refractivity contribution in [2.24, 2.45) is 5.92 Å². The standard InChI is InChI=1S/C29H29Cl2NO8/c1-17(14-23(34)26-28(38-16-37-19(3)33)25(36-4)12-13-32-26)29(35)39-18(2)27(20-8-6-5-7-9-20)40-24-11-10-21(30)15-22(24)31/h5-13,15,17-18,27H,14,16H2,1-4H3/t17-,18+,27-/m1/s1. The molecule has 0 unspecified atom stereocenters. The van der Waals surface area contributed by atoms with Crippen LogP contribution in [0.3, 0.4) is 0 Å². The topological polar surface area (TPSA) is 110 Å². The van der Waals surface area contributed by atoms with Crippen LogP contribution in [0.5, 0.6) is 17.2 Å². The Labute approximate surface area is 242 Å². The molecule has 3 aromatic rings. The Kier molecular flexibility index (Phi) is 11.2. The summed E-state index contributed by atoms with van der Waals surface area (Å²) < 4.78 is 27.4. The van der Waals surface area contributed by atoms with Crippen LogP contribution in [0.1, 0.15) is 49.3 Å².